The number of benzene rings is 1. The van der Waals surface area contributed by atoms with E-state index in [1.165, 1.54) is 16.4 Å². The van der Waals surface area contributed by atoms with Crippen molar-refractivity contribution >= 4 is 34.3 Å². The van der Waals surface area contributed by atoms with Crippen LogP contribution in [-0.4, -0.2) is 26.0 Å². The number of nitrogens with zero attached hydrogens (tertiary/aromatic N) is 3. The Bertz CT molecular complexity index is 797. The number of rotatable bonds is 2. The Kier molecular flexibility index (Phi) is 3.04. The van der Waals surface area contributed by atoms with Crippen LogP contribution in [0, 0.1) is 0 Å². The van der Waals surface area contributed by atoms with Crippen molar-refractivity contribution < 1.29 is 0 Å². The highest BCUT2D eigenvalue weighted by Gasteiger charge is 2.09. The third-order valence-corrected chi connectivity index (χ3v) is 3.89. The summed E-state index contributed by atoms with van der Waals surface area (Å²) >= 11 is 7.63. The molecule has 3 aromatic rings. The minimum absolute atomic E-state index is 0.206. The smallest absolute Gasteiger partial charge is 0.260 e. The van der Waals surface area contributed by atoms with Crippen molar-refractivity contribution in [3.63, 3.8) is 0 Å². The van der Waals surface area contributed by atoms with Gasteiger partial charge in [0.15, 0.2) is 0 Å². The molecule has 2 heterocycles. The van der Waals surface area contributed by atoms with Crippen molar-refractivity contribution in [1.29, 1.82) is 0 Å². The van der Waals surface area contributed by atoms with E-state index in [0.29, 0.717) is 21.9 Å². The zero-order valence-corrected chi connectivity index (χ0v) is 11.5. The van der Waals surface area contributed by atoms with E-state index >= 15 is 0 Å². The highest BCUT2D eigenvalue weighted by Crippen LogP contribution is 2.28. The lowest BCUT2D eigenvalue weighted by atomic mass is 10.2. The van der Waals surface area contributed by atoms with Crippen LogP contribution in [0.3, 0.4) is 0 Å². The second kappa shape index (κ2) is 4.71. The first-order valence-electron chi connectivity index (χ1n) is 5.46. The van der Waals surface area contributed by atoms with E-state index in [0.717, 1.165) is 4.90 Å². The van der Waals surface area contributed by atoms with Gasteiger partial charge in [0.05, 0.1) is 15.9 Å². The zero-order chi connectivity index (χ0) is 13.4. The van der Waals surface area contributed by atoms with Crippen molar-refractivity contribution in [1.82, 2.24) is 19.7 Å². The van der Waals surface area contributed by atoms with Gasteiger partial charge in [-0.1, -0.05) is 11.6 Å². The molecule has 0 saturated heterocycles. The summed E-state index contributed by atoms with van der Waals surface area (Å²) in [5.74, 6) is 0.371. The fourth-order valence-corrected chi connectivity index (χ4v) is 2.67. The summed E-state index contributed by atoms with van der Waals surface area (Å²) in [4.78, 5) is 20.0. The molecule has 96 valence electrons. The number of fused-ring (bicyclic) bond motifs is 1. The number of halogens is 1. The fourth-order valence-electron chi connectivity index (χ4n) is 1.79. The highest BCUT2D eigenvalue weighted by molar-refractivity contribution is 7.98. The van der Waals surface area contributed by atoms with Gasteiger partial charge in [0, 0.05) is 17.3 Å². The van der Waals surface area contributed by atoms with Crippen LogP contribution in [0.4, 0.5) is 0 Å². The third kappa shape index (κ3) is 2.13. The third-order valence-electron chi connectivity index (χ3n) is 2.69. The molecule has 0 spiro atoms. The SMILES string of the molecule is CSc1cc2c(=O)[nH]c(-n3cccn3)nc2cc1Cl. The number of hydrogen-bond donors (Lipinski definition) is 1. The minimum atomic E-state index is -0.206. The minimum Gasteiger partial charge on any atom is -0.290 e. The summed E-state index contributed by atoms with van der Waals surface area (Å²) in [7, 11) is 0. The molecule has 0 amide bonds. The normalized spacial score (nSPS) is 11.1. The van der Waals surface area contributed by atoms with Crippen LogP contribution in [0.5, 0.6) is 0 Å². The van der Waals surface area contributed by atoms with E-state index in [1.807, 2.05) is 6.26 Å². The summed E-state index contributed by atoms with van der Waals surface area (Å²) in [6, 6.07) is 5.21. The Hall–Kier alpha value is -1.79. The predicted molar refractivity (Wildman–Crippen MR) is 76.3 cm³/mol. The number of H-pyrrole nitrogens is 1. The van der Waals surface area contributed by atoms with Gasteiger partial charge < -0.3 is 0 Å². The Balaban J connectivity index is 2.30. The number of hydrogen-bond acceptors (Lipinski definition) is 4. The maximum atomic E-state index is 12.1. The summed E-state index contributed by atoms with van der Waals surface area (Å²) in [5.41, 5.74) is 0.347. The van der Waals surface area contributed by atoms with Gasteiger partial charge in [0.25, 0.3) is 5.56 Å². The molecule has 7 heteroatoms. The van der Waals surface area contributed by atoms with Crippen molar-refractivity contribution in [3.8, 4) is 5.95 Å². The lowest BCUT2D eigenvalue weighted by molar-refractivity contribution is 0.810. The van der Waals surface area contributed by atoms with Crippen molar-refractivity contribution in [3.05, 3.63) is 46.0 Å². The molecular weight excluding hydrogens is 284 g/mol. The lowest BCUT2D eigenvalue weighted by Crippen LogP contribution is -2.13. The molecule has 0 radical (unpaired) electrons. The average molecular weight is 293 g/mol. The quantitative estimate of drug-likeness (QED) is 0.737. The first-order chi connectivity index (χ1) is 9.19. The predicted octanol–water partition coefficient (Wildman–Crippen LogP) is 2.48. The van der Waals surface area contributed by atoms with E-state index in [2.05, 4.69) is 15.1 Å². The van der Waals surface area contributed by atoms with E-state index < -0.39 is 0 Å². The van der Waals surface area contributed by atoms with Gasteiger partial charge in [-0.05, 0) is 24.5 Å². The Labute approximate surface area is 117 Å². The summed E-state index contributed by atoms with van der Waals surface area (Å²) in [6.45, 7) is 0. The number of thioether (sulfide) groups is 1. The zero-order valence-electron chi connectivity index (χ0n) is 9.92. The van der Waals surface area contributed by atoms with E-state index in [9.17, 15) is 4.79 Å². The molecule has 2 aromatic heterocycles. The van der Waals surface area contributed by atoms with E-state index in [-0.39, 0.29) is 5.56 Å². The molecule has 0 saturated carbocycles. The van der Waals surface area contributed by atoms with Gasteiger partial charge in [-0.2, -0.15) is 5.10 Å². The van der Waals surface area contributed by atoms with Crippen LogP contribution in [0.2, 0.25) is 5.02 Å². The Morgan fingerprint density at radius 1 is 1.42 bits per heavy atom. The molecule has 0 bridgehead atoms. The number of aromatic amines is 1. The monoisotopic (exact) mass is 292 g/mol. The lowest BCUT2D eigenvalue weighted by Gasteiger charge is -2.05. The second-order valence-corrected chi connectivity index (χ2v) is 5.10. The van der Waals surface area contributed by atoms with Gasteiger partial charge in [-0.15, -0.1) is 11.8 Å². The largest absolute Gasteiger partial charge is 0.290 e. The van der Waals surface area contributed by atoms with Gasteiger partial charge in [0.2, 0.25) is 5.95 Å². The van der Waals surface area contributed by atoms with Gasteiger partial charge >= 0.3 is 0 Å². The molecule has 1 aromatic carbocycles. The molecule has 0 aliphatic heterocycles. The topological polar surface area (TPSA) is 63.6 Å². The molecule has 0 unspecified atom stereocenters. The van der Waals surface area contributed by atoms with Gasteiger partial charge in [-0.3, -0.25) is 9.78 Å². The van der Waals surface area contributed by atoms with Crippen LogP contribution >= 0.6 is 23.4 Å². The maximum Gasteiger partial charge on any atom is 0.260 e. The van der Waals surface area contributed by atoms with Crippen molar-refractivity contribution in [2.45, 2.75) is 4.90 Å². The van der Waals surface area contributed by atoms with Crippen LogP contribution in [0.1, 0.15) is 0 Å². The standard InChI is InChI=1S/C12H9ClN4OS/c1-19-10-5-7-9(6-8(10)13)15-12(16-11(7)18)17-4-2-3-14-17/h2-6H,1H3,(H,15,16,18). The first kappa shape index (κ1) is 12.3. The Morgan fingerprint density at radius 2 is 2.26 bits per heavy atom. The van der Waals surface area contributed by atoms with Gasteiger partial charge in [-0.25, -0.2) is 9.67 Å². The average Bonchev–Trinajstić information content (AvgIpc) is 2.91. The van der Waals surface area contributed by atoms with Crippen LogP contribution in [0.15, 0.2) is 40.3 Å². The fraction of sp³-hybridized carbons (Fsp3) is 0.0833. The molecule has 0 fully saturated rings. The summed E-state index contributed by atoms with van der Waals surface area (Å²) in [6.07, 6.45) is 5.24. The van der Waals surface area contributed by atoms with Crippen LogP contribution in [0.25, 0.3) is 16.9 Å². The molecule has 5 nitrogen and oxygen atoms in total. The highest BCUT2D eigenvalue weighted by atomic mass is 35.5. The molecule has 0 aliphatic rings. The van der Waals surface area contributed by atoms with Crippen LogP contribution in [-0.2, 0) is 0 Å². The van der Waals surface area contributed by atoms with E-state index in [1.54, 1.807) is 30.6 Å². The molecule has 3 rings (SSSR count). The Morgan fingerprint density at radius 3 is 2.95 bits per heavy atom. The number of nitrogens with one attached hydrogen (secondary N) is 1. The molecule has 1 N–H and O–H groups in total. The molecular formula is C12H9ClN4OS. The van der Waals surface area contributed by atoms with Crippen molar-refractivity contribution in [2.75, 3.05) is 6.26 Å². The van der Waals surface area contributed by atoms with Gasteiger partial charge in [0.1, 0.15) is 0 Å². The van der Waals surface area contributed by atoms with Crippen LogP contribution < -0.4 is 5.56 Å². The molecule has 19 heavy (non-hydrogen) atoms. The first-order valence-corrected chi connectivity index (χ1v) is 7.07. The molecule has 0 atom stereocenters. The maximum absolute atomic E-state index is 12.1. The second-order valence-electron chi connectivity index (χ2n) is 3.84. The number of aromatic nitrogens is 4. The summed E-state index contributed by atoms with van der Waals surface area (Å²) in [5, 5.41) is 5.14. The molecule has 0 aliphatic carbocycles. The van der Waals surface area contributed by atoms with E-state index in [4.69, 9.17) is 11.6 Å². The van der Waals surface area contributed by atoms with Crippen molar-refractivity contribution in [2.24, 2.45) is 0 Å². The summed E-state index contributed by atoms with van der Waals surface area (Å²) < 4.78 is 1.50.